The molecule has 2 amide bonds. The Balaban J connectivity index is 1.74. The molecule has 1 aromatic heterocycles. The van der Waals surface area contributed by atoms with E-state index < -0.39 is 0 Å². The van der Waals surface area contributed by atoms with Crippen molar-refractivity contribution in [1.82, 2.24) is 0 Å². The smallest absolute Gasteiger partial charge is 0.229 e. The average molecular weight is 346 g/mol. The molecule has 1 fully saturated rings. The van der Waals surface area contributed by atoms with Gasteiger partial charge in [0.1, 0.15) is 0 Å². The second kappa shape index (κ2) is 6.92. The molecule has 2 aromatic rings. The average Bonchev–Trinajstić information content (AvgIpc) is 3.23. The van der Waals surface area contributed by atoms with Gasteiger partial charge in [-0.25, -0.2) is 0 Å². The van der Waals surface area contributed by atoms with Crippen LogP contribution in [0.1, 0.15) is 6.42 Å². The lowest BCUT2D eigenvalue weighted by Crippen LogP contribution is -2.28. The van der Waals surface area contributed by atoms with E-state index in [1.165, 1.54) is 11.3 Å². The van der Waals surface area contributed by atoms with E-state index in [0.29, 0.717) is 23.7 Å². The van der Waals surface area contributed by atoms with Gasteiger partial charge in [-0.15, -0.1) is 0 Å². The minimum atomic E-state index is -0.370. The molecule has 1 aromatic carbocycles. The first-order valence-electron chi connectivity index (χ1n) is 7.48. The van der Waals surface area contributed by atoms with Gasteiger partial charge in [0.15, 0.2) is 11.5 Å². The number of anilines is 2. The van der Waals surface area contributed by atoms with Gasteiger partial charge in [0.2, 0.25) is 11.8 Å². The number of hydrogen-bond donors (Lipinski definition) is 1. The highest BCUT2D eigenvalue weighted by Gasteiger charge is 2.35. The highest BCUT2D eigenvalue weighted by molar-refractivity contribution is 7.08. The summed E-state index contributed by atoms with van der Waals surface area (Å²) in [4.78, 5) is 26.3. The molecule has 3 rings (SSSR count). The van der Waals surface area contributed by atoms with Crippen molar-refractivity contribution in [3.05, 3.63) is 35.0 Å². The van der Waals surface area contributed by atoms with E-state index in [1.807, 2.05) is 16.8 Å². The van der Waals surface area contributed by atoms with Gasteiger partial charge in [0.05, 0.1) is 25.8 Å². The van der Waals surface area contributed by atoms with Crippen LogP contribution >= 0.6 is 11.3 Å². The maximum atomic E-state index is 12.3. The van der Waals surface area contributed by atoms with Crippen LogP contribution in [0.3, 0.4) is 0 Å². The van der Waals surface area contributed by atoms with Gasteiger partial charge in [-0.3, -0.25) is 9.59 Å². The molecule has 0 spiro atoms. The third-order valence-corrected chi connectivity index (χ3v) is 4.65. The van der Waals surface area contributed by atoms with Gasteiger partial charge < -0.3 is 19.7 Å². The standard InChI is InChI=1S/C17H18N2O4S/c1-22-14-4-3-13(8-15(14)23-2)19-9-11(7-16(19)20)17(21)18-12-5-6-24-10-12/h3-6,8,10-11H,7,9H2,1-2H3,(H,18,21). The molecule has 0 saturated carbocycles. The van der Waals surface area contributed by atoms with Crippen LogP contribution in [0.25, 0.3) is 0 Å². The van der Waals surface area contributed by atoms with E-state index in [-0.39, 0.29) is 24.2 Å². The Morgan fingerprint density at radius 2 is 2.04 bits per heavy atom. The van der Waals surface area contributed by atoms with E-state index in [4.69, 9.17) is 9.47 Å². The lowest BCUT2D eigenvalue weighted by atomic mass is 10.1. The van der Waals surface area contributed by atoms with Crippen molar-refractivity contribution in [2.24, 2.45) is 5.92 Å². The maximum absolute atomic E-state index is 12.3. The maximum Gasteiger partial charge on any atom is 0.229 e. The SMILES string of the molecule is COc1ccc(N2CC(C(=O)Nc3ccsc3)CC2=O)cc1OC. The number of nitrogens with zero attached hydrogens (tertiary/aromatic N) is 1. The number of methoxy groups -OCH3 is 2. The number of ether oxygens (including phenoxy) is 2. The molecule has 24 heavy (non-hydrogen) atoms. The lowest BCUT2D eigenvalue weighted by Gasteiger charge is -2.18. The summed E-state index contributed by atoms with van der Waals surface area (Å²) in [5, 5.41) is 6.60. The number of thiophene rings is 1. The molecule has 7 heteroatoms. The molecule has 1 saturated heterocycles. The fourth-order valence-electron chi connectivity index (χ4n) is 2.71. The predicted octanol–water partition coefficient (Wildman–Crippen LogP) is 2.76. The molecular weight excluding hydrogens is 328 g/mol. The van der Waals surface area contributed by atoms with Crippen molar-refractivity contribution in [3.8, 4) is 11.5 Å². The molecule has 2 heterocycles. The molecule has 1 aliphatic rings. The normalized spacial score (nSPS) is 17.0. The van der Waals surface area contributed by atoms with Crippen molar-refractivity contribution < 1.29 is 19.1 Å². The second-order valence-corrected chi connectivity index (χ2v) is 6.23. The monoisotopic (exact) mass is 346 g/mol. The van der Waals surface area contributed by atoms with Crippen LogP contribution in [0.4, 0.5) is 11.4 Å². The predicted molar refractivity (Wildman–Crippen MR) is 93.0 cm³/mol. The van der Waals surface area contributed by atoms with Gasteiger partial charge in [-0.1, -0.05) is 0 Å². The number of amides is 2. The summed E-state index contributed by atoms with van der Waals surface area (Å²) < 4.78 is 10.5. The number of rotatable bonds is 5. The number of nitrogens with one attached hydrogen (secondary N) is 1. The molecule has 1 unspecified atom stereocenters. The summed E-state index contributed by atoms with van der Waals surface area (Å²) in [5.74, 6) is 0.566. The van der Waals surface area contributed by atoms with Crippen LogP contribution in [0.5, 0.6) is 11.5 Å². The van der Waals surface area contributed by atoms with E-state index in [1.54, 1.807) is 37.3 Å². The van der Waals surface area contributed by atoms with Gasteiger partial charge in [-0.2, -0.15) is 11.3 Å². The Morgan fingerprint density at radius 3 is 2.71 bits per heavy atom. The molecule has 6 nitrogen and oxygen atoms in total. The minimum Gasteiger partial charge on any atom is -0.493 e. The van der Waals surface area contributed by atoms with Crippen LogP contribution < -0.4 is 19.7 Å². The molecule has 1 aliphatic heterocycles. The number of benzene rings is 1. The van der Waals surface area contributed by atoms with Gasteiger partial charge >= 0.3 is 0 Å². The number of carbonyl (C=O) groups excluding carboxylic acids is 2. The third-order valence-electron chi connectivity index (χ3n) is 3.96. The molecular formula is C17H18N2O4S. The third kappa shape index (κ3) is 3.21. The largest absolute Gasteiger partial charge is 0.493 e. The molecule has 1 N–H and O–H groups in total. The fraction of sp³-hybridized carbons (Fsp3) is 0.294. The Hall–Kier alpha value is -2.54. The first kappa shape index (κ1) is 16.3. The summed E-state index contributed by atoms with van der Waals surface area (Å²) in [7, 11) is 3.11. The van der Waals surface area contributed by atoms with E-state index in [2.05, 4.69) is 5.32 Å². The highest BCUT2D eigenvalue weighted by atomic mass is 32.1. The minimum absolute atomic E-state index is 0.0762. The van der Waals surface area contributed by atoms with E-state index in [9.17, 15) is 9.59 Å². The van der Waals surface area contributed by atoms with Gasteiger partial charge in [0, 0.05) is 30.1 Å². The van der Waals surface area contributed by atoms with Crippen molar-refractivity contribution in [2.75, 3.05) is 31.0 Å². The summed E-state index contributed by atoms with van der Waals surface area (Å²) in [6, 6.07) is 7.12. The topological polar surface area (TPSA) is 67.9 Å². The zero-order chi connectivity index (χ0) is 17.1. The van der Waals surface area contributed by atoms with Gasteiger partial charge in [-0.05, 0) is 23.6 Å². The molecule has 126 valence electrons. The molecule has 0 aliphatic carbocycles. The number of hydrogen-bond acceptors (Lipinski definition) is 5. The van der Waals surface area contributed by atoms with E-state index >= 15 is 0 Å². The summed E-state index contributed by atoms with van der Waals surface area (Å²) in [5.41, 5.74) is 1.46. The Bertz CT molecular complexity index is 745. The first-order valence-corrected chi connectivity index (χ1v) is 8.42. The summed E-state index contributed by atoms with van der Waals surface area (Å²) in [6.07, 6.45) is 0.199. The summed E-state index contributed by atoms with van der Waals surface area (Å²) >= 11 is 1.51. The van der Waals surface area contributed by atoms with Crippen molar-refractivity contribution in [2.45, 2.75) is 6.42 Å². The lowest BCUT2D eigenvalue weighted by molar-refractivity contribution is -0.122. The van der Waals surface area contributed by atoms with Crippen LogP contribution in [0, 0.1) is 5.92 Å². The van der Waals surface area contributed by atoms with Crippen molar-refractivity contribution in [1.29, 1.82) is 0 Å². The molecule has 0 bridgehead atoms. The molecule has 0 radical (unpaired) electrons. The van der Waals surface area contributed by atoms with Crippen molar-refractivity contribution in [3.63, 3.8) is 0 Å². The Labute approximate surface area is 144 Å². The first-order chi connectivity index (χ1) is 11.6. The molecule has 1 atom stereocenters. The zero-order valence-corrected chi connectivity index (χ0v) is 14.3. The number of carbonyl (C=O) groups is 2. The van der Waals surface area contributed by atoms with Crippen LogP contribution in [0.2, 0.25) is 0 Å². The van der Waals surface area contributed by atoms with Crippen LogP contribution in [-0.4, -0.2) is 32.6 Å². The quantitative estimate of drug-likeness (QED) is 0.904. The van der Waals surface area contributed by atoms with E-state index in [0.717, 1.165) is 5.69 Å². The van der Waals surface area contributed by atoms with Gasteiger partial charge in [0.25, 0.3) is 0 Å². The summed E-state index contributed by atoms with van der Waals surface area (Å²) in [6.45, 7) is 0.351. The van der Waals surface area contributed by atoms with Crippen LogP contribution in [0.15, 0.2) is 35.0 Å². The second-order valence-electron chi connectivity index (χ2n) is 5.45. The highest BCUT2D eigenvalue weighted by Crippen LogP contribution is 2.34. The Kier molecular flexibility index (Phi) is 4.71. The fourth-order valence-corrected chi connectivity index (χ4v) is 3.29. The zero-order valence-electron chi connectivity index (χ0n) is 13.4. The van der Waals surface area contributed by atoms with Crippen LogP contribution in [-0.2, 0) is 9.59 Å². The van der Waals surface area contributed by atoms with Crippen molar-refractivity contribution >= 4 is 34.5 Å². The Morgan fingerprint density at radius 1 is 1.25 bits per heavy atom.